The van der Waals surface area contributed by atoms with Gasteiger partial charge in [0.1, 0.15) is 0 Å². The van der Waals surface area contributed by atoms with Crippen LogP contribution >= 0.6 is 12.2 Å². The van der Waals surface area contributed by atoms with Crippen LogP contribution in [0.4, 0.5) is 0 Å². The molecule has 2 rings (SSSR count). The third kappa shape index (κ3) is 2.85. The molecule has 0 amide bonds. The second-order valence-corrected chi connectivity index (χ2v) is 7.02. The van der Waals surface area contributed by atoms with E-state index in [1.807, 2.05) is 0 Å². The highest BCUT2D eigenvalue weighted by Gasteiger charge is 2.11. The highest BCUT2D eigenvalue weighted by molar-refractivity contribution is 7.91. The zero-order valence-corrected chi connectivity index (χ0v) is 12.0. The van der Waals surface area contributed by atoms with Gasteiger partial charge in [-0.3, -0.25) is 0 Å². The molecule has 0 atom stereocenters. The Morgan fingerprint density at radius 2 is 2.21 bits per heavy atom. The lowest BCUT2D eigenvalue weighted by atomic mass is 10.2. The quantitative estimate of drug-likeness (QED) is 0.875. The molecule has 0 aliphatic carbocycles. The molecule has 0 aliphatic heterocycles. The second-order valence-electron chi connectivity index (χ2n) is 4.16. The molecular weight excluding hydrogens is 282 g/mol. The van der Waals surface area contributed by atoms with Crippen LogP contribution in [-0.4, -0.2) is 29.5 Å². The first-order valence-electron chi connectivity index (χ1n) is 5.80. The summed E-state index contributed by atoms with van der Waals surface area (Å²) in [6, 6.07) is 7.24. The summed E-state index contributed by atoms with van der Waals surface area (Å²) < 4.78 is 25.3. The maximum Gasteiger partial charge on any atom is 0.178 e. The third-order valence-corrected chi connectivity index (χ3v) is 4.98. The van der Waals surface area contributed by atoms with Crippen molar-refractivity contribution in [2.75, 3.05) is 11.5 Å². The van der Waals surface area contributed by atoms with E-state index in [9.17, 15) is 8.42 Å². The second kappa shape index (κ2) is 5.15. The van der Waals surface area contributed by atoms with E-state index in [1.54, 1.807) is 29.7 Å². The Kier molecular flexibility index (Phi) is 3.73. The van der Waals surface area contributed by atoms with Gasteiger partial charge in [-0.2, -0.15) is 5.26 Å². The Morgan fingerprint density at radius 1 is 1.47 bits per heavy atom. The summed E-state index contributed by atoms with van der Waals surface area (Å²) in [5.74, 6) is 0.160. The van der Waals surface area contributed by atoms with Gasteiger partial charge in [-0.25, -0.2) is 8.42 Å². The van der Waals surface area contributed by atoms with Crippen LogP contribution in [0, 0.1) is 16.1 Å². The van der Waals surface area contributed by atoms with Crippen molar-refractivity contribution in [1.82, 2.24) is 9.55 Å². The monoisotopic (exact) mass is 295 g/mol. The molecule has 1 N–H and O–H groups in total. The number of H-pyrrole nitrogens is 1. The number of benzene rings is 1. The number of aromatic amines is 1. The Bertz CT molecular complexity index is 810. The van der Waals surface area contributed by atoms with Gasteiger partial charge in [0.25, 0.3) is 0 Å². The van der Waals surface area contributed by atoms with E-state index >= 15 is 0 Å². The predicted octanol–water partition coefficient (Wildman–Crippen LogP) is 2.01. The molecule has 19 heavy (non-hydrogen) atoms. The van der Waals surface area contributed by atoms with Crippen molar-refractivity contribution in [1.29, 1.82) is 5.26 Å². The molecule has 0 aliphatic rings. The van der Waals surface area contributed by atoms with E-state index in [4.69, 9.17) is 17.5 Å². The SMILES string of the molecule is CCS(=O)(=O)CCn1c(=S)[nH]c2ccc(C#N)cc21. The number of rotatable bonds is 4. The molecule has 0 unspecified atom stereocenters. The number of sulfone groups is 1. The number of nitrogens with zero attached hydrogens (tertiary/aromatic N) is 2. The van der Waals surface area contributed by atoms with Crippen LogP contribution in [-0.2, 0) is 16.4 Å². The topological polar surface area (TPSA) is 78.7 Å². The van der Waals surface area contributed by atoms with Crippen LogP contribution < -0.4 is 0 Å². The first-order valence-corrected chi connectivity index (χ1v) is 8.03. The summed E-state index contributed by atoms with van der Waals surface area (Å²) in [6.45, 7) is 1.92. The highest BCUT2D eigenvalue weighted by Crippen LogP contribution is 2.16. The van der Waals surface area contributed by atoms with Crippen LogP contribution in [0.25, 0.3) is 11.0 Å². The first kappa shape index (κ1) is 13.8. The summed E-state index contributed by atoms with van der Waals surface area (Å²) in [6.07, 6.45) is 0. The van der Waals surface area contributed by atoms with Crippen LogP contribution in [0.1, 0.15) is 12.5 Å². The van der Waals surface area contributed by atoms with E-state index in [0.717, 1.165) is 11.0 Å². The number of nitrogens with one attached hydrogen (secondary N) is 1. The molecule has 0 saturated heterocycles. The van der Waals surface area contributed by atoms with E-state index in [-0.39, 0.29) is 11.5 Å². The zero-order valence-electron chi connectivity index (χ0n) is 10.4. The highest BCUT2D eigenvalue weighted by atomic mass is 32.2. The molecule has 100 valence electrons. The fraction of sp³-hybridized carbons (Fsp3) is 0.333. The van der Waals surface area contributed by atoms with Crippen molar-refractivity contribution in [2.24, 2.45) is 0 Å². The Balaban J connectivity index is 2.45. The van der Waals surface area contributed by atoms with Gasteiger partial charge in [-0.1, -0.05) is 6.92 Å². The maximum absolute atomic E-state index is 11.6. The third-order valence-electron chi connectivity index (χ3n) is 2.97. The molecule has 1 heterocycles. The zero-order chi connectivity index (χ0) is 14.0. The number of nitriles is 1. The summed E-state index contributed by atoms with van der Waals surface area (Å²) >= 11 is 5.19. The van der Waals surface area contributed by atoms with Gasteiger partial charge in [0.15, 0.2) is 14.6 Å². The molecule has 1 aromatic carbocycles. The van der Waals surface area contributed by atoms with Crippen molar-refractivity contribution in [3.63, 3.8) is 0 Å². The minimum absolute atomic E-state index is 0.0432. The lowest BCUT2D eigenvalue weighted by Gasteiger charge is -2.04. The summed E-state index contributed by atoms with van der Waals surface area (Å²) in [5, 5.41) is 8.90. The Hall–Kier alpha value is -1.65. The molecule has 0 spiro atoms. The van der Waals surface area contributed by atoms with Gasteiger partial charge in [0, 0.05) is 12.3 Å². The van der Waals surface area contributed by atoms with Crippen LogP contribution in [0.2, 0.25) is 0 Å². The summed E-state index contributed by atoms with van der Waals surface area (Å²) in [4.78, 5) is 3.01. The Labute approximate surface area is 116 Å². The average Bonchev–Trinajstić information content (AvgIpc) is 2.71. The van der Waals surface area contributed by atoms with Gasteiger partial charge >= 0.3 is 0 Å². The normalized spacial score (nSPS) is 11.6. The first-order chi connectivity index (χ1) is 8.96. The number of fused-ring (bicyclic) bond motifs is 1. The molecule has 0 radical (unpaired) electrons. The fourth-order valence-electron chi connectivity index (χ4n) is 1.82. The predicted molar refractivity (Wildman–Crippen MR) is 76.2 cm³/mol. The fourth-order valence-corrected chi connectivity index (χ4v) is 2.87. The maximum atomic E-state index is 11.6. The summed E-state index contributed by atoms with van der Waals surface area (Å²) in [7, 11) is -3.04. The van der Waals surface area contributed by atoms with Gasteiger partial charge < -0.3 is 9.55 Å². The molecule has 5 nitrogen and oxygen atoms in total. The van der Waals surface area contributed by atoms with Crippen molar-refractivity contribution in [2.45, 2.75) is 13.5 Å². The van der Waals surface area contributed by atoms with E-state index in [0.29, 0.717) is 16.9 Å². The largest absolute Gasteiger partial charge is 0.331 e. The smallest absolute Gasteiger partial charge is 0.178 e. The summed E-state index contributed by atoms with van der Waals surface area (Å²) in [5.41, 5.74) is 2.09. The number of aromatic nitrogens is 2. The van der Waals surface area contributed by atoms with Gasteiger partial charge in [0.2, 0.25) is 0 Å². The number of hydrogen-bond acceptors (Lipinski definition) is 4. The molecule has 0 saturated carbocycles. The minimum atomic E-state index is -3.04. The van der Waals surface area contributed by atoms with E-state index in [2.05, 4.69) is 11.1 Å². The van der Waals surface area contributed by atoms with Crippen molar-refractivity contribution < 1.29 is 8.42 Å². The minimum Gasteiger partial charge on any atom is -0.331 e. The molecule has 0 bridgehead atoms. The van der Waals surface area contributed by atoms with Crippen LogP contribution in [0.15, 0.2) is 18.2 Å². The van der Waals surface area contributed by atoms with Crippen molar-refractivity contribution in [3.8, 4) is 6.07 Å². The molecule has 0 fully saturated rings. The molecule has 7 heteroatoms. The molecular formula is C12H13N3O2S2. The van der Waals surface area contributed by atoms with Gasteiger partial charge in [-0.15, -0.1) is 0 Å². The average molecular weight is 295 g/mol. The Morgan fingerprint density at radius 3 is 2.84 bits per heavy atom. The van der Waals surface area contributed by atoms with Crippen molar-refractivity contribution in [3.05, 3.63) is 28.5 Å². The number of hydrogen-bond donors (Lipinski definition) is 1. The van der Waals surface area contributed by atoms with Crippen molar-refractivity contribution >= 4 is 33.1 Å². The van der Waals surface area contributed by atoms with Gasteiger partial charge in [-0.05, 0) is 30.4 Å². The molecule has 1 aromatic heterocycles. The van der Waals surface area contributed by atoms with Crippen LogP contribution in [0.5, 0.6) is 0 Å². The van der Waals surface area contributed by atoms with E-state index in [1.165, 1.54) is 0 Å². The van der Waals surface area contributed by atoms with Gasteiger partial charge in [0.05, 0.1) is 28.4 Å². The standard InChI is InChI=1S/C12H13N3O2S2/c1-2-19(16,17)6-5-15-11-7-9(8-13)3-4-10(11)14-12(15)18/h3-4,7H,2,5-6H2,1H3,(H,14,18). The van der Waals surface area contributed by atoms with E-state index < -0.39 is 9.84 Å². The van der Waals surface area contributed by atoms with Crippen LogP contribution in [0.3, 0.4) is 0 Å². The number of aryl methyl sites for hydroxylation is 1. The lowest BCUT2D eigenvalue weighted by molar-refractivity contribution is 0.590. The number of imidazole rings is 1. The molecule has 2 aromatic rings. The lowest BCUT2D eigenvalue weighted by Crippen LogP contribution is -2.14.